The summed E-state index contributed by atoms with van der Waals surface area (Å²) in [5, 5.41) is 3.09. The molecular weight excluding hydrogens is 264 g/mol. The van der Waals surface area contributed by atoms with Crippen LogP contribution in [0.2, 0.25) is 0 Å². The SMILES string of the molecule is CNC(C)(CCCN1CCCc2ccccc21)C(=O)OC. The number of carbonyl (C=O) groups is 1. The number of hydrogen-bond donors (Lipinski definition) is 1. The standard InChI is InChI=1S/C17H26N2O2/c1-17(18-2,16(20)21-3)11-7-13-19-12-6-9-14-8-4-5-10-15(14)19/h4-5,8,10,18H,6-7,9,11-13H2,1-3H3. The maximum atomic E-state index is 11.8. The fraction of sp³-hybridized carbons (Fsp3) is 0.588. The Hall–Kier alpha value is -1.55. The van der Waals surface area contributed by atoms with E-state index in [-0.39, 0.29) is 5.97 Å². The molecule has 4 heteroatoms. The van der Waals surface area contributed by atoms with Crippen LogP contribution in [0.4, 0.5) is 5.69 Å². The van der Waals surface area contributed by atoms with Crippen molar-refractivity contribution in [2.24, 2.45) is 0 Å². The molecule has 0 aliphatic carbocycles. The number of rotatable bonds is 6. The summed E-state index contributed by atoms with van der Waals surface area (Å²) in [6.07, 6.45) is 4.11. The number of aryl methyl sites for hydroxylation is 1. The van der Waals surface area contributed by atoms with Gasteiger partial charge in [0.2, 0.25) is 0 Å². The Balaban J connectivity index is 1.94. The molecule has 0 spiro atoms. The van der Waals surface area contributed by atoms with E-state index in [1.165, 1.54) is 31.2 Å². The van der Waals surface area contributed by atoms with Crippen LogP contribution in [-0.4, -0.2) is 38.8 Å². The summed E-state index contributed by atoms with van der Waals surface area (Å²) < 4.78 is 4.89. The van der Waals surface area contributed by atoms with Gasteiger partial charge in [0, 0.05) is 18.8 Å². The third-order valence-corrected chi connectivity index (χ3v) is 4.50. The largest absolute Gasteiger partial charge is 0.468 e. The molecule has 1 unspecified atom stereocenters. The van der Waals surface area contributed by atoms with E-state index in [0.29, 0.717) is 0 Å². The lowest BCUT2D eigenvalue weighted by Gasteiger charge is -2.33. The lowest BCUT2D eigenvalue weighted by atomic mass is 9.95. The van der Waals surface area contributed by atoms with Crippen molar-refractivity contribution in [3.63, 3.8) is 0 Å². The van der Waals surface area contributed by atoms with Crippen LogP contribution < -0.4 is 10.2 Å². The summed E-state index contributed by atoms with van der Waals surface area (Å²) in [5.74, 6) is -0.191. The van der Waals surface area contributed by atoms with Crippen LogP contribution >= 0.6 is 0 Å². The van der Waals surface area contributed by atoms with Crippen LogP contribution in [-0.2, 0) is 16.0 Å². The zero-order valence-corrected chi connectivity index (χ0v) is 13.3. The summed E-state index contributed by atoms with van der Waals surface area (Å²) in [6, 6.07) is 8.63. The van der Waals surface area contributed by atoms with E-state index < -0.39 is 5.54 Å². The van der Waals surface area contributed by atoms with Gasteiger partial charge in [-0.05, 0) is 51.3 Å². The highest BCUT2D eigenvalue weighted by atomic mass is 16.5. The van der Waals surface area contributed by atoms with E-state index in [0.717, 1.165) is 25.9 Å². The molecule has 1 N–H and O–H groups in total. The van der Waals surface area contributed by atoms with Gasteiger partial charge in [0.05, 0.1) is 7.11 Å². The van der Waals surface area contributed by atoms with Crippen LogP contribution in [0.15, 0.2) is 24.3 Å². The molecule has 1 aliphatic rings. The number of benzene rings is 1. The average molecular weight is 290 g/mol. The van der Waals surface area contributed by atoms with Gasteiger partial charge >= 0.3 is 5.97 Å². The second kappa shape index (κ2) is 6.94. The maximum Gasteiger partial charge on any atom is 0.325 e. The lowest BCUT2D eigenvalue weighted by Crippen LogP contribution is -2.48. The van der Waals surface area contributed by atoms with Crippen LogP contribution in [0.5, 0.6) is 0 Å². The first-order chi connectivity index (χ1) is 10.1. The molecule has 0 radical (unpaired) electrons. The lowest BCUT2D eigenvalue weighted by molar-refractivity contribution is -0.148. The number of para-hydroxylation sites is 1. The third kappa shape index (κ3) is 3.56. The number of esters is 1. The summed E-state index contributed by atoms with van der Waals surface area (Å²) in [7, 11) is 3.26. The van der Waals surface area contributed by atoms with Gasteiger partial charge in [-0.3, -0.25) is 4.79 Å². The number of fused-ring (bicyclic) bond motifs is 1. The van der Waals surface area contributed by atoms with Gasteiger partial charge in [0.15, 0.2) is 0 Å². The van der Waals surface area contributed by atoms with Crippen molar-refractivity contribution in [1.29, 1.82) is 0 Å². The van der Waals surface area contributed by atoms with Gasteiger partial charge in [-0.1, -0.05) is 18.2 Å². The molecule has 0 saturated heterocycles. The molecule has 0 bridgehead atoms. The monoisotopic (exact) mass is 290 g/mol. The molecule has 2 rings (SSSR count). The van der Waals surface area contributed by atoms with Crippen molar-refractivity contribution in [3.8, 4) is 0 Å². The van der Waals surface area contributed by atoms with Crippen LogP contribution in [0, 0.1) is 0 Å². The number of nitrogens with zero attached hydrogens (tertiary/aromatic N) is 1. The predicted molar refractivity (Wildman–Crippen MR) is 85.7 cm³/mol. The van der Waals surface area contributed by atoms with Crippen molar-refractivity contribution in [1.82, 2.24) is 5.32 Å². The second-order valence-electron chi connectivity index (χ2n) is 5.90. The average Bonchev–Trinajstić information content (AvgIpc) is 2.54. The van der Waals surface area contributed by atoms with Crippen LogP contribution in [0.3, 0.4) is 0 Å². The molecule has 21 heavy (non-hydrogen) atoms. The van der Waals surface area contributed by atoms with Crippen molar-refractivity contribution >= 4 is 11.7 Å². The van der Waals surface area contributed by atoms with Gasteiger partial charge in [-0.15, -0.1) is 0 Å². The smallest absolute Gasteiger partial charge is 0.325 e. The molecule has 0 aromatic heterocycles. The number of carbonyl (C=O) groups excluding carboxylic acids is 1. The van der Waals surface area contributed by atoms with Crippen molar-refractivity contribution < 1.29 is 9.53 Å². The second-order valence-corrected chi connectivity index (χ2v) is 5.90. The number of methoxy groups -OCH3 is 1. The molecule has 116 valence electrons. The summed E-state index contributed by atoms with van der Waals surface area (Å²) >= 11 is 0. The van der Waals surface area contributed by atoms with Crippen molar-refractivity contribution in [2.45, 2.75) is 38.1 Å². The summed E-state index contributed by atoms with van der Waals surface area (Å²) in [6.45, 7) is 3.99. The Bertz CT molecular complexity index is 489. The highest BCUT2D eigenvalue weighted by molar-refractivity contribution is 5.80. The van der Waals surface area contributed by atoms with E-state index >= 15 is 0 Å². The first kappa shape index (κ1) is 15.8. The normalized spacial score (nSPS) is 17.0. The van der Waals surface area contributed by atoms with E-state index in [1.807, 2.05) is 14.0 Å². The van der Waals surface area contributed by atoms with Gasteiger partial charge in [-0.25, -0.2) is 0 Å². The number of likely N-dealkylation sites (N-methyl/N-ethyl adjacent to an activating group) is 1. The molecule has 1 aromatic rings. The fourth-order valence-electron chi connectivity index (χ4n) is 3.02. The Kier molecular flexibility index (Phi) is 5.23. The molecule has 1 aliphatic heterocycles. The zero-order valence-electron chi connectivity index (χ0n) is 13.3. The molecule has 1 heterocycles. The Labute approximate surface area is 127 Å². The molecular formula is C17H26N2O2. The van der Waals surface area contributed by atoms with E-state index in [9.17, 15) is 4.79 Å². The minimum atomic E-state index is -0.593. The van der Waals surface area contributed by atoms with Crippen molar-refractivity contribution in [3.05, 3.63) is 29.8 Å². The molecule has 0 fully saturated rings. The minimum Gasteiger partial charge on any atom is -0.468 e. The molecule has 4 nitrogen and oxygen atoms in total. The first-order valence-electron chi connectivity index (χ1n) is 7.71. The first-order valence-corrected chi connectivity index (χ1v) is 7.71. The van der Waals surface area contributed by atoms with E-state index in [2.05, 4.69) is 34.5 Å². The van der Waals surface area contributed by atoms with Gasteiger partial charge in [0.25, 0.3) is 0 Å². The highest BCUT2D eigenvalue weighted by Crippen LogP contribution is 2.27. The summed E-state index contributed by atoms with van der Waals surface area (Å²) in [5.41, 5.74) is 2.20. The van der Waals surface area contributed by atoms with Crippen molar-refractivity contribution in [2.75, 3.05) is 32.1 Å². The molecule has 1 atom stereocenters. The van der Waals surface area contributed by atoms with Crippen LogP contribution in [0.1, 0.15) is 31.7 Å². The highest BCUT2D eigenvalue weighted by Gasteiger charge is 2.32. The number of hydrogen-bond acceptors (Lipinski definition) is 4. The van der Waals surface area contributed by atoms with Gasteiger partial charge in [-0.2, -0.15) is 0 Å². The summed E-state index contributed by atoms with van der Waals surface area (Å²) in [4.78, 5) is 14.3. The number of anilines is 1. The zero-order chi connectivity index (χ0) is 15.3. The Morgan fingerprint density at radius 2 is 2.19 bits per heavy atom. The minimum absolute atomic E-state index is 0.191. The fourth-order valence-corrected chi connectivity index (χ4v) is 3.02. The third-order valence-electron chi connectivity index (χ3n) is 4.50. The number of ether oxygens (including phenoxy) is 1. The molecule has 0 amide bonds. The van der Waals surface area contributed by atoms with Gasteiger partial charge < -0.3 is 15.0 Å². The Morgan fingerprint density at radius 3 is 2.90 bits per heavy atom. The predicted octanol–water partition coefficient (Wildman–Crippen LogP) is 2.37. The quantitative estimate of drug-likeness (QED) is 0.817. The molecule has 1 aromatic carbocycles. The number of nitrogens with one attached hydrogen (secondary N) is 1. The van der Waals surface area contributed by atoms with E-state index in [1.54, 1.807) is 0 Å². The Morgan fingerprint density at radius 1 is 1.43 bits per heavy atom. The topological polar surface area (TPSA) is 41.6 Å². The van der Waals surface area contributed by atoms with Crippen LogP contribution in [0.25, 0.3) is 0 Å². The van der Waals surface area contributed by atoms with Gasteiger partial charge in [0.1, 0.15) is 5.54 Å². The molecule has 0 saturated carbocycles. The van der Waals surface area contributed by atoms with E-state index in [4.69, 9.17) is 4.74 Å². The maximum absolute atomic E-state index is 11.8.